The standard InChI is InChI=1S/C10H11NO/c1-2-10-11-9-6-4-3-5-8(9)7-12-10/h3-7,10H,2H2,1H3. The Bertz CT molecular complexity index is 383. The van der Waals surface area contributed by atoms with Crippen molar-refractivity contribution in [3.63, 3.8) is 0 Å². The topological polar surface area (TPSA) is 21.6 Å². The Morgan fingerprint density at radius 3 is 3.08 bits per heavy atom. The van der Waals surface area contributed by atoms with Crippen LogP contribution in [0, 0.1) is 0 Å². The number of fused-ring (bicyclic) bond motifs is 1. The molecule has 1 unspecified atom stereocenters. The van der Waals surface area contributed by atoms with Gasteiger partial charge in [-0.25, -0.2) is 4.99 Å². The Labute approximate surface area is 71.2 Å². The molecule has 0 bridgehead atoms. The largest absolute Gasteiger partial charge is 0.476 e. The molecule has 62 valence electrons. The van der Waals surface area contributed by atoms with Crippen molar-refractivity contribution in [1.82, 2.24) is 0 Å². The predicted octanol–water partition coefficient (Wildman–Crippen LogP) is 0.810. The zero-order valence-electron chi connectivity index (χ0n) is 7.03. The number of para-hydroxylation sites is 1. The molecule has 0 radical (unpaired) electrons. The second-order valence-corrected chi connectivity index (χ2v) is 2.80. The molecule has 1 aromatic rings. The van der Waals surface area contributed by atoms with E-state index in [0.717, 1.165) is 17.0 Å². The van der Waals surface area contributed by atoms with Crippen molar-refractivity contribution >= 4 is 6.26 Å². The summed E-state index contributed by atoms with van der Waals surface area (Å²) < 4.78 is 5.36. The van der Waals surface area contributed by atoms with E-state index in [4.69, 9.17) is 4.74 Å². The van der Waals surface area contributed by atoms with Gasteiger partial charge >= 0.3 is 0 Å². The van der Waals surface area contributed by atoms with Gasteiger partial charge in [0.05, 0.1) is 11.6 Å². The highest BCUT2D eigenvalue weighted by atomic mass is 16.5. The Morgan fingerprint density at radius 1 is 1.42 bits per heavy atom. The maximum Gasteiger partial charge on any atom is 0.189 e. The van der Waals surface area contributed by atoms with Crippen molar-refractivity contribution in [2.24, 2.45) is 4.99 Å². The first-order chi connectivity index (χ1) is 5.90. The van der Waals surface area contributed by atoms with E-state index in [9.17, 15) is 0 Å². The fraction of sp³-hybridized carbons (Fsp3) is 0.300. The normalized spacial score (nSPS) is 19.9. The third-order valence-electron chi connectivity index (χ3n) is 1.92. The minimum absolute atomic E-state index is 0.0138. The van der Waals surface area contributed by atoms with E-state index in [1.165, 1.54) is 0 Å². The molecule has 1 aliphatic rings. The summed E-state index contributed by atoms with van der Waals surface area (Å²) in [6.07, 6.45) is 2.72. The van der Waals surface area contributed by atoms with E-state index < -0.39 is 0 Å². The van der Waals surface area contributed by atoms with Gasteiger partial charge in [-0.15, -0.1) is 0 Å². The molecule has 1 atom stereocenters. The van der Waals surface area contributed by atoms with E-state index in [0.29, 0.717) is 0 Å². The van der Waals surface area contributed by atoms with Crippen LogP contribution in [-0.2, 0) is 4.74 Å². The molecule has 0 amide bonds. The number of hydrogen-bond donors (Lipinski definition) is 0. The molecule has 2 nitrogen and oxygen atoms in total. The molecule has 1 aliphatic heterocycles. The van der Waals surface area contributed by atoms with Crippen LogP contribution in [0.2, 0.25) is 0 Å². The van der Waals surface area contributed by atoms with Crippen molar-refractivity contribution < 1.29 is 4.74 Å². The Morgan fingerprint density at radius 2 is 2.25 bits per heavy atom. The number of ether oxygens (including phenoxy) is 1. The molecule has 0 aliphatic carbocycles. The second-order valence-electron chi connectivity index (χ2n) is 2.80. The summed E-state index contributed by atoms with van der Waals surface area (Å²) >= 11 is 0. The average molecular weight is 161 g/mol. The van der Waals surface area contributed by atoms with E-state index >= 15 is 0 Å². The zero-order valence-corrected chi connectivity index (χ0v) is 7.03. The van der Waals surface area contributed by atoms with E-state index in [1.807, 2.05) is 24.3 Å². The highest BCUT2D eigenvalue weighted by Gasteiger charge is 2.04. The lowest BCUT2D eigenvalue weighted by Gasteiger charge is -2.12. The lowest BCUT2D eigenvalue weighted by Crippen LogP contribution is -2.31. The van der Waals surface area contributed by atoms with E-state index in [-0.39, 0.29) is 6.23 Å². The number of benzene rings is 1. The number of rotatable bonds is 1. The van der Waals surface area contributed by atoms with Crippen molar-refractivity contribution in [2.45, 2.75) is 19.6 Å². The molecule has 0 fully saturated rings. The molecule has 0 saturated carbocycles. The number of nitrogens with zero attached hydrogens (tertiary/aromatic N) is 1. The summed E-state index contributed by atoms with van der Waals surface area (Å²) in [5.41, 5.74) is 0. The summed E-state index contributed by atoms with van der Waals surface area (Å²) in [6, 6.07) is 8.00. The zero-order chi connectivity index (χ0) is 8.39. The van der Waals surface area contributed by atoms with Crippen LogP contribution in [0.3, 0.4) is 0 Å². The predicted molar refractivity (Wildman–Crippen MR) is 46.9 cm³/mol. The molecule has 1 aromatic carbocycles. The van der Waals surface area contributed by atoms with Gasteiger partial charge in [-0.05, 0) is 12.1 Å². The van der Waals surface area contributed by atoms with Crippen molar-refractivity contribution in [2.75, 3.05) is 0 Å². The van der Waals surface area contributed by atoms with Crippen molar-refractivity contribution in [3.8, 4) is 0 Å². The second kappa shape index (κ2) is 2.97. The van der Waals surface area contributed by atoms with Gasteiger partial charge in [-0.3, -0.25) is 0 Å². The first kappa shape index (κ1) is 7.35. The van der Waals surface area contributed by atoms with Gasteiger partial charge in [-0.2, -0.15) is 0 Å². The van der Waals surface area contributed by atoms with Crippen LogP contribution in [0.1, 0.15) is 13.3 Å². The number of hydrogen-bond acceptors (Lipinski definition) is 2. The van der Waals surface area contributed by atoms with E-state index in [2.05, 4.69) is 11.9 Å². The maximum atomic E-state index is 5.36. The third-order valence-corrected chi connectivity index (χ3v) is 1.92. The fourth-order valence-electron chi connectivity index (χ4n) is 1.23. The van der Waals surface area contributed by atoms with Gasteiger partial charge in [0.2, 0.25) is 0 Å². The van der Waals surface area contributed by atoms with Gasteiger partial charge in [0.25, 0.3) is 0 Å². The van der Waals surface area contributed by atoms with Gasteiger partial charge in [0.15, 0.2) is 6.23 Å². The first-order valence-electron chi connectivity index (χ1n) is 4.18. The summed E-state index contributed by atoms with van der Waals surface area (Å²) in [7, 11) is 0. The Kier molecular flexibility index (Phi) is 1.82. The van der Waals surface area contributed by atoms with Crippen LogP contribution in [0.5, 0.6) is 0 Å². The molecule has 2 rings (SSSR count). The summed E-state index contributed by atoms with van der Waals surface area (Å²) in [6.45, 7) is 2.07. The summed E-state index contributed by atoms with van der Waals surface area (Å²) in [4.78, 5) is 4.41. The SMILES string of the molecule is CCC1N=c2ccccc2=CO1. The minimum Gasteiger partial charge on any atom is -0.476 e. The fourth-order valence-corrected chi connectivity index (χ4v) is 1.23. The Balaban J connectivity index is 2.56. The van der Waals surface area contributed by atoms with Gasteiger partial charge in [0, 0.05) is 11.6 Å². The lowest BCUT2D eigenvalue weighted by atomic mass is 10.3. The molecule has 0 spiro atoms. The molecular formula is C10H11NO. The quantitative estimate of drug-likeness (QED) is 0.597. The molecule has 2 heteroatoms. The minimum atomic E-state index is 0.0138. The van der Waals surface area contributed by atoms with Crippen LogP contribution in [0.4, 0.5) is 0 Å². The van der Waals surface area contributed by atoms with Crippen LogP contribution >= 0.6 is 0 Å². The summed E-state index contributed by atoms with van der Waals surface area (Å²) in [5, 5.41) is 2.11. The molecule has 0 N–H and O–H groups in total. The van der Waals surface area contributed by atoms with Crippen molar-refractivity contribution in [3.05, 3.63) is 34.8 Å². The summed E-state index contributed by atoms with van der Waals surface area (Å²) in [5.74, 6) is 0. The van der Waals surface area contributed by atoms with Crippen LogP contribution < -0.4 is 10.6 Å². The first-order valence-corrected chi connectivity index (χ1v) is 4.18. The smallest absolute Gasteiger partial charge is 0.189 e. The van der Waals surface area contributed by atoms with E-state index in [1.54, 1.807) is 6.26 Å². The average Bonchev–Trinajstić information content (AvgIpc) is 2.17. The maximum absolute atomic E-state index is 5.36. The lowest BCUT2D eigenvalue weighted by molar-refractivity contribution is 0.174. The van der Waals surface area contributed by atoms with Crippen molar-refractivity contribution in [1.29, 1.82) is 0 Å². The van der Waals surface area contributed by atoms with Crippen LogP contribution in [0.15, 0.2) is 29.3 Å². The van der Waals surface area contributed by atoms with Gasteiger partial charge < -0.3 is 4.74 Å². The van der Waals surface area contributed by atoms with Gasteiger partial charge in [0.1, 0.15) is 0 Å². The third kappa shape index (κ3) is 1.20. The monoisotopic (exact) mass is 161 g/mol. The highest BCUT2D eigenvalue weighted by Crippen LogP contribution is 2.00. The van der Waals surface area contributed by atoms with Gasteiger partial charge in [-0.1, -0.05) is 19.1 Å². The molecule has 0 aromatic heterocycles. The molecule has 1 heterocycles. The highest BCUT2D eigenvalue weighted by molar-refractivity contribution is 5.18. The molecule has 0 saturated heterocycles. The molecular weight excluding hydrogens is 150 g/mol. The molecule has 12 heavy (non-hydrogen) atoms. The van der Waals surface area contributed by atoms with Crippen LogP contribution in [-0.4, -0.2) is 6.23 Å². The Hall–Kier alpha value is -1.31. The van der Waals surface area contributed by atoms with Crippen LogP contribution in [0.25, 0.3) is 6.26 Å².